The van der Waals surface area contributed by atoms with E-state index in [9.17, 15) is 17.6 Å². The van der Waals surface area contributed by atoms with E-state index >= 15 is 0 Å². The second-order valence-electron chi connectivity index (χ2n) is 4.46. The van der Waals surface area contributed by atoms with Gasteiger partial charge in [0.15, 0.2) is 0 Å². The van der Waals surface area contributed by atoms with Gasteiger partial charge in [-0.05, 0) is 31.2 Å². The minimum Gasteiger partial charge on any atom is -0.363 e. The van der Waals surface area contributed by atoms with Gasteiger partial charge in [-0.15, -0.1) is 0 Å². The third kappa shape index (κ3) is 4.70. The molecule has 0 aliphatic heterocycles. The lowest BCUT2D eigenvalue weighted by Crippen LogP contribution is -2.31. The molecule has 0 heterocycles. The first-order chi connectivity index (χ1) is 8.74. The molecule has 0 saturated heterocycles. The number of hydrogen-bond donors (Lipinski definition) is 1. The van der Waals surface area contributed by atoms with Crippen LogP contribution in [-0.2, 0) is 0 Å². The molecule has 1 N–H and O–H groups in total. The first kappa shape index (κ1) is 15.8. The maximum absolute atomic E-state index is 13.8. The second kappa shape index (κ2) is 6.23. The summed E-state index contributed by atoms with van der Waals surface area (Å²) in [7, 11) is 1.22. The molecular weight excluding hydrogens is 260 g/mol. The zero-order valence-corrected chi connectivity index (χ0v) is 11.2. The van der Waals surface area contributed by atoms with Crippen molar-refractivity contribution in [3.63, 3.8) is 0 Å². The number of nitrogens with zero attached hydrogens (tertiary/aromatic N) is 1. The molecule has 1 rings (SSSR count). The van der Waals surface area contributed by atoms with E-state index in [1.54, 1.807) is 6.07 Å². The molecule has 0 saturated carbocycles. The lowest BCUT2D eigenvalue weighted by molar-refractivity contribution is -0.119. The minimum absolute atomic E-state index is 0.0403. The average molecular weight is 278 g/mol. The van der Waals surface area contributed by atoms with Crippen LogP contribution in [0.4, 0.5) is 23.2 Å². The van der Waals surface area contributed by atoms with Gasteiger partial charge < -0.3 is 10.2 Å². The zero-order valence-electron chi connectivity index (χ0n) is 11.2. The van der Waals surface area contributed by atoms with E-state index in [1.807, 2.05) is 13.8 Å². The van der Waals surface area contributed by atoms with E-state index in [4.69, 9.17) is 0 Å². The van der Waals surface area contributed by atoms with Gasteiger partial charge in [0.25, 0.3) is 0 Å². The highest BCUT2D eigenvalue weighted by molar-refractivity contribution is 5.49. The topological polar surface area (TPSA) is 15.3 Å². The minimum atomic E-state index is -4.35. The monoisotopic (exact) mass is 278 g/mol. The fourth-order valence-corrected chi connectivity index (χ4v) is 1.88. The van der Waals surface area contributed by atoms with Crippen LogP contribution in [0.1, 0.15) is 25.5 Å². The third-order valence-corrected chi connectivity index (χ3v) is 2.81. The maximum atomic E-state index is 13.8. The van der Waals surface area contributed by atoms with Gasteiger partial charge in [-0.25, -0.2) is 4.39 Å². The Balaban J connectivity index is 2.88. The van der Waals surface area contributed by atoms with Gasteiger partial charge in [0.1, 0.15) is 12.4 Å². The Hall–Kier alpha value is -1.30. The lowest BCUT2D eigenvalue weighted by atomic mass is 10.1. The number of nitrogens with one attached hydrogen (secondary N) is 1. The van der Waals surface area contributed by atoms with E-state index in [0.717, 1.165) is 11.4 Å². The lowest BCUT2D eigenvalue weighted by Gasteiger charge is -2.22. The summed E-state index contributed by atoms with van der Waals surface area (Å²) < 4.78 is 50.6. The molecule has 0 fully saturated rings. The predicted octanol–water partition coefficient (Wildman–Crippen LogP) is 3.49. The fourth-order valence-electron chi connectivity index (χ4n) is 1.88. The summed E-state index contributed by atoms with van der Waals surface area (Å²) in [5.41, 5.74) is 0.660. The van der Waals surface area contributed by atoms with Crippen molar-refractivity contribution in [2.45, 2.75) is 26.1 Å². The largest absolute Gasteiger partial charge is 0.405 e. The molecule has 1 aromatic carbocycles. The van der Waals surface area contributed by atoms with Crippen LogP contribution < -0.4 is 10.2 Å². The Labute approximate surface area is 110 Å². The van der Waals surface area contributed by atoms with Crippen LogP contribution >= 0.6 is 0 Å². The molecule has 2 nitrogen and oxygen atoms in total. The predicted molar refractivity (Wildman–Crippen MR) is 67.8 cm³/mol. The van der Waals surface area contributed by atoms with Gasteiger partial charge in [-0.1, -0.05) is 13.0 Å². The van der Waals surface area contributed by atoms with Crippen molar-refractivity contribution in [2.24, 2.45) is 0 Å². The van der Waals surface area contributed by atoms with Gasteiger partial charge in [-0.3, -0.25) is 0 Å². The van der Waals surface area contributed by atoms with Gasteiger partial charge in [0, 0.05) is 13.1 Å². The first-order valence-corrected chi connectivity index (χ1v) is 6.05. The molecule has 0 aliphatic carbocycles. The molecule has 0 spiro atoms. The number of rotatable bonds is 5. The zero-order chi connectivity index (χ0) is 14.6. The fraction of sp³-hybridized carbons (Fsp3) is 0.538. The smallest absolute Gasteiger partial charge is 0.363 e. The third-order valence-electron chi connectivity index (χ3n) is 2.81. The summed E-state index contributed by atoms with van der Waals surface area (Å²) in [6.07, 6.45) is -4.35. The number of alkyl halides is 3. The van der Waals surface area contributed by atoms with Gasteiger partial charge in [-0.2, -0.15) is 13.2 Å². The summed E-state index contributed by atoms with van der Waals surface area (Å²) in [6.45, 7) is 3.36. The highest BCUT2D eigenvalue weighted by Crippen LogP contribution is 2.25. The molecule has 1 unspecified atom stereocenters. The van der Waals surface area contributed by atoms with Crippen molar-refractivity contribution in [1.82, 2.24) is 5.32 Å². The number of halogens is 4. The molecule has 19 heavy (non-hydrogen) atoms. The van der Waals surface area contributed by atoms with Crippen LogP contribution in [0, 0.1) is 5.82 Å². The quantitative estimate of drug-likeness (QED) is 0.829. The second-order valence-corrected chi connectivity index (χ2v) is 4.46. The Morgan fingerprint density at radius 1 is 1.32 bits per heavy atom. The van der Waals surface area contributed by atoms with Crippen LogP contribution in [0.5, 0.6) is 0 Å². The summed E-state index contributed by atoms with van der Waals surface area (Å²) in [6, 6.07) is 4.25. The average Bonchev–Trinajstić information content (AvgIpc) is 2.26. The maximum Gasteiger partial charge on any atom is 0.405 e. The van der Waals surface area contributed by atoms with E-state index in [1.165, 1.54) is 19.2 Å². The molecule has 0 radical (unpaired) electrons. The number of anilines is 1. The Morgan fingerprint density at radius 2 is 1.95 bits per heavy atom. The Kier molecular flexibility index (Phi) is 5.17. The first-order valence-electron chi connectivity index (χ1n) is 6.05. The van der Waals surface area contributed by atoms with E-state index in [2.05, 4.69) is 5.32 Å². The molecule has 0 aliphatic rings. The SMILES string of the molecule is CCNC(C)c1ccc(N(C)CC(F)(F)F)c(F)c1. The highest BCUT2D eigenvalue weighted by atomic mass is 19.4. The molecule has 1 atom stereocenters. The van der Waals surface area contributed by atoms with E-state index in [-0.39, 0.29) is 11.7 Å². The molecule has 0 amide bonds. The van der Waals surface area contributed by atoms with Crippen LogP contribution in [-0.4, -0.2) is 26.3 Å². The van der Waals surface area contributed by atoms with E-state index < -0.39 is 18.5 Å². The Bertz CT molecular complexity index is 418. The van der Waals surface area contributed by atoms with Gasteiger partial charge in [0.2, 0.25) is 0 Å². The van der Waals surface area contributed by atoms with Crippen molar-refractivity contribution in [3.8, 4) is 0 Å². The molecule has 108 valence electrons. The van der Waals surface area contributed by atoms with Crippen LogP contribution in [0.3, 0.4) is 0 Å². The molecular formula is C13H18F4N2. The Morgan fingerprint density at radius 3 is 2.42 bits per heavy atom. The van der Waals surface area contributed by atoms with Gasteiger partial charge in [0.05, 0.1) is 5.69 Å². The van der Waals surface area contributed by atoms with Crippen molar-refractivity contribution in [1.29, 1.82) is 0 Å². The van der Waals surface area contributed by atoms with Gasteiger partial charge >= 0.3 is 6.18 Å². The van der Waals surface area contributed by atoms with Crippen molar-refractivity contribution in [3.05, 3.63) is 29.6 Å². The molecule has 6 heteroatoms. The number of hydrogen-bond acceptors (Lipinski definition) is 2. The van der Waals surface area contributed by atoms with Crippen LogP contribution in [0.25, 0.3) is 0 Å². The molecule has 0 aromatic heterocycles. The summed E-state index contributed by atoms with van der Waals surface area (Å²) in [5.74, 6) is -0.644. The molecule has 0 bridgehead atoms. The van der Waals surface area contributed by atoms with Crippen LogP contribution in [0.15, 0.2) is 18.2 Å². The van der Waals surface area contributed by atoms with Crippen LogP contribution in [0.2, 0.25) is 0 Å². The summed E-state index contributed by atoms with van der Waals surface area (Å²) in [4.78, 5) is 0.858. The number of benzene rings is 1. The summed E-state index contributed by atoms with van der Waals surface area (Å²) in [5, 5.41) is 3.12. The highest BCUT2D eigenvalue weighted by Gasteiger charge is 2.30. The van der Waals surface area contributed by atoms with Crippen molar-refractivity contribution >= 4 is 5.69 Å². The molecule has 1 aromatic rings. The summed E-state index contributed by atoms with van der Waals surface area (Å²) >= 11 is 0. The van der Waals surface area contributed by atoms with Crippen molar-refractivity contribution in [2.75, 3.05) is 25.0 Å². The van der Waals surface area contributed by atoms with Crippen molar-refractivity contribution < 1.29 is 17.6 Å². The van der Waals surface area contributed by atoms with E-state index in [0.29, 0.717) is 5.56 Å². The normalized spacial score (nSPS) is 13.4. The standard InChI is InChI=1S/C13H18F4N2/c1-4-18-9(2)10-5-6-12(11(14)7-10)19(3)8-13(15,16)17/h5-7,9,18H,4,8H2,1-3H3.